The summed E-state index contributed by atoms with van der Waals surface area (Å²) in [7, 11) is 1.57. The molecule has 0 aliphatic rings. The van der Waals surface area contributed by atoms with Crippen LogP contribution in [-0.2, 0) is 16.1 Å². The normalized spacial score (nSPS) is 11.7. The molecule has 0 spiro atoms. The second kappa shape index (κ2) is 9.24. The molecular formula is C24H26N2O3. The third kappa shape index (κ3) is 4.93. The van der Waals surface area contributed by atoms with Crippen molar-refractivity contribution in [2.24, 2.45) is 0 Å². The third-order valence-electron chi connectivity index (χ3n) is 4.99. The van der Waals surface area contributed by atoms with Crippen LogP contribution in [0.4, 0.5) is 0 Å². The molecule has 0 bridgehead atoms. The summed E-state index contributed by atoms with van der Waals surface area (Å²) in [5, 5.41) is 4.62. The number of likely N-dealkylation sites (N-methyl/N-ethyl adjacent to an activating group) is 1. The van der Waals surface area contributed by atoms with Crippen molar-refractivity contribution in [1.29, 1.82) is 0 Å². The number of carbonyl (C=O) groups excluding carboxylic acids is 2. The number of nitrogens with zero attached hydrogens (tertiary/aromatic N) is 1. The van der Waals surface area contributed by atoms with Gasteiger partial charge in [0.1, 0.15) is 11.8 Å². The van der Waals surface area contributed by atoms with Gasteiger partial charge in [-0.3, -0.25) is 9.59 Å². The van der Waals surface area contributed by atoms with E-state index in [0.717, 1.165) is 21.9 Å². The Labute approximate surface area is 171 Å². The highest BCUT2D eigenvalue weighted by Crippen LogP contribution is 2.25. The van der Waals surface area contributed by atoms with E-state index in [1.54, 1.807) is 18.9 Å². The van der Waals surface area contributed by atoms with Crippen LogP contribution >= 0.6 is 0 Å². The van der Waals surface area contributed by atoms with Gasteiger partial charge in [0.05, 0.1) is 0 Å². The number of rotatable bonds is 7. The third-order valence-corrected chi connectivity index (χ3v) is 4.99. The highest BCUT2D eigenvalue weighted by atomic mass is 16.5. The molecule has 3 rings (SSSR count). The fourth-order valence-electron chi connectivity index (χ4n) is 3.23. The van der Waals surface area contributed by atoms with Crippen molar-refractivity contribution in [1.82, 2.24) is 10.2 Å². The average molecular weight is 390 g/mol. The summed E-state index contributed by atoms with van der Waals surface area (Å²) in [6, 6.07) is 20.9. The molecular weight excluding hydrogens is 364 g/mol. The van der Waals surface area contributed by atoms with E-state index < -0.39 is 6.04 Å². The summed E-state index contributed by atoms with van der Waals surface area (Å²) in [4.78, 5) is 26.8. The standard InChI is InChI=1S/C24H26N2O3/c1-17-11-13-19(14-12-17)15-26(18(2)24(28)25-3)23(27)16-29-22-10-6-8-20-7-4-5-9-21(20)22/h4-14,18H,15-16H2,1-3H3,(H,25,28). The van der Waals surface area contributed by atoms with Crippen molar-refractivity contribution < 1.29 is 14.3 Å². The van der Waals surface area contributed by atoms with E-state index in [0.29, 0.717) is 12.3 Å². The minimum atomic E-state index is -0.607. The van der Waals surface area contributed by atoms with E-state index >= 15 is 0 Å². The fraction of sp³-hybridized carbons (Fsp3) is 0.250. The number of hydrogen-bond donors (Lipinski definition) is 1. The molecule has 0 heterocycles. The summed E-state index contributed by atoms with van der Waals surface area (Å²) >= 11 is 0. The second-order valence-electron chi connectivity index (χ2n) is 7.06. The lowest BCUT2D eigenvalue weighted by Crippen LogP contribution is -2.48. The van der Waals surface area contributed by atoms with Crippen LogP contribution in [0.3, 0.4) is 0 Å². The Kier molecular flexibility index (Phi) is 6.50. The zero-order valence-corrected chi connectivity index (χ0v) is 17.0. The minimum Gasteiger partial charge on any atom is -0.483 e. The molecule has 5 heteroatoms. The Morgan fingerprint density at radius 3 is 2.41 bits per heavy atom. The number of ether oxygens (including phenoxy) is 1. The maximum absolute atomic E-state index is 13.0. The molecule has 1 atom stereocenters. The molecule has 0 radical (unpaired) electrons. The van der Waals surface area contributed by atoms with Gasteiger partial charge in [-0.15, -0.1) is 0 Å². The van der Waals surface area contributed by atoms with Gasteiger partial charge in [-0.1, -0.05) is 66.2 Å². The quantitative estimate of drug-likeness (QED) is 0.669. The van der Waals surface area contributed by atoms with Crippen LogP contribution < -0.4 is 10.1 Å². The summed E-state index contributed by atoms with van der Waals surface area (Å²) in [5.74, 6) is 0.199. The second-order valence-corrected chi connectivity index (χ2v) is 7.06. The first-order valence-electron chi connectivity index (χ1n) is 9.66. The van der Waals surface area contributed by atoms with Crippen molar-refractivity contribution in [3.63, 3.8) is 0 Å². The lowest BCUT2D eigenvalue weighted by atomic mass is 10.1. The number of amides is 2. The number of hydrogen-bond acceptors (Lipinski definition) is 3. The lowest BCUT2D eigenvalue weighted by molar-refractivity contribution is -0.142. The van der Waals surface area contributed by atoms with E-state index in [9.17, 15) is 9.59 Å². The fourth-order valence-corrected chi connectivity index (χ4v) is 3.23. The summed E-state index contributed by atoms with van der Waals surface area (Å²) in [6.07, 6.45) is 0. The highest BCUT2D eigenvalue weighted by molar-refractivity contribution is 5.90. The Morgan fingerprint density at radius 1 is 1.00 bits per heavy atom. The van der Waals surface area contributed by atoms with E-state index in [2.05, 4.69) is 5.32 Å². The molecule has 150 valence electrons. The minimum absolute atomic E-state index is 0.138. The number of aryl methyl sites for hydroxylation is 1. The molecule has 0 fully saturated rings. The lowest BCUT2D eigenvalue weighted by Gasteiger charge is -2.28. The monoisotopic (exact) mass is 390 g/mol. The van der Waals surface area contributed by atoms with Gasteiger partial charge in [-0.2, -0.15) is 0 Å². The van der Waals surface area contributed by atoms with Crippen LogP contribution in [-0.4, -0.2) is 36.4 Å². The molecule has 0 saturated heterocycles. The molecule has 0 aliphatic heterocycles. The zero-order chi connectivity index (χ0) is 20.8. The van der Waals surface area contributed by atoms with Gasteiger partial charge < -0.3 is 15.0 Å². The molecule has 1 unspecified atom stereocenters. The van der Waals surface area contributed by atoms with E-state index in [1.807, 2.05) is 73.7 Å². The Hall–Kier alpha value is -3.34. The van der Waals surface area contributed by atoms with Gasteiger partial charge in [0.25, 0.3) is 5.91 Å². The maximum atomic E-state index is 13.0. The molecule has 3 aromatic rings. The van der Waals surface area contributed by atoms with E-state index in [-0.39, 0.29) is 18.4 Å². The van der Waals surface area contributed by atoms with Crippen LogP contribution in [0.15, 0.2) is 66.7 Å². The molecule has 29 heavy (non-hydrogen) atoms. The first kappa shape index (κ1) is 20.4. The summed E-state index contributed by atoms with van der Waals surface area (Å²) in [5.41, 5.74) is 2.11. The Balaban J connectivity index is 1.78. The molecule has 1 N–H and O–H groups in total. The van der Waals surface area contributed by atoms with Crippen LogP contribution in [0, 0.1) is 6.92 Å². The SMILES string of the molecule is CNC(=O)C(C)N(Cc1ccc(C)cc1)C(=O)COc1cccc2ccccc12. The van der Waals surface area contributed by atoms with Crippen molar-refractivity contribution in [3.8, 4) is 5.75 Å². The van der Waals surface area contributed by atoms with Crippen LogP contribution in [0.1, 0.15) is 18.1 Å². The Bertz CT molecular complexity index is 993. The van der Waals surface area contributed by atoms with Gasteiger partial charge >= 0.3 is 0 Å². The van der Waals surface area contributed by atoms with E-state index in [4.69, 9.17) is 4.74 Å². The van der Waals surface area contributed by atoms with Crippen LogP contribution in [0.5, 0.6) is 5.75 Å². The van der Waals surface area contributed by atoms with Crippen molar-refractivity contribution in [2.75, 3.05) is 13.7 Å². The zero-order valence-electron chi connectivity index (χ0n) is 17.0. The van der Waals surface area contributed by atoms with Gasteiger partial charge in [-0.25, -0.2) is 0 Å². The number of benzene rings is 3. The van der Waals surface area contributed by atoms with Gasteiger partial charge in [0, 0.05) is 19.0 Å². The van der Waals surface area contributed by atoms with Gasteiger partial charge in [0.2, 0.25) is 5.91 Å². The Morgan fingerprint density at radius 2 is 1.69 bits per heavy atom. The molecule has 0 aliphatic carbocycles. The number of fused-ring (bicyclic) bond motifs is 1. The molecule has 0 saturated carbocycles. The number of nitrogens with one attached hydrogen (secondary N) is 1. The van der Waals surface area contributed by atoms with Crippen LogP contribution in [0.2, 0.25) is 0 Å². The largest absolute Gasteiger partial charge is 0.483 e. The average Bonchev–Trinajstić information content (AvgIpc) is 2.76. The van der Waals surface area contributed by atoms with Gasteiger partial charge in [-0.05, 0) is 30.9 Å². The predicted molar refractivity (Wildman–Crippen MR) is 115 cm³/mol. The summed E-state index contributed by atoms with van der Waals surface area (Å²) < 4.78 is 5.86. The van der Waals surface area contributed by atoms with E-state index in [1.165, 1.54) is 0 Å². The van der Waals surface area contributed by atoms with Gasteiger partial charge in [0.15, 0.2) is 6.61 Å². The van der Waals surface area contributed by atoms with Crippen molar-refractivity contribution in [2.45, 2.75) is 26.4 Å². The first-order chi connectivity index (χ1) is 14.0. The maximum Gasteiger partial charge on any atom is 0.261 e. The highest BCUT2D eigenvalue weighted by Gasteiger charge is 2.26. The topological polar surface area (TPSA) is 58.6 Å². The molecule has 0 aromatic heterocycles. The first-order valence-corrected chi connectivity index (χ1v) is 9.66. The smallest absolute Gasteiger partial charge is 0.261 e. The molecule has 3 aromatic carbocycles. The molecule has 5 nitrogen and oxygen atoms in total. The van der Waals surface area contributed by atoms with Crippen molar-refractivity contribution >= 4 is 22.6 Å². The van der Waals surface area contributed by atoms with Crippen molar-refractivity contribution in [3.05, 3.63) is 77.9 Å². The molecule has 2 amide bonds. The summed E-state index contributed by atoms with van der Waals surface area (Å²) in [6.45, 7) is 3.94. The van der Waals surface area contributed by atoms with Crippen LogP contribution in [0.25, 0.3) is 10.8 Å². The number of carbonyl (C=O) groups is 2. The predicted octanol–water partition coefficient (Wildman–Crippen LogP) is 3.69.